The van der Waals surface area contributed by atoms with Gasteiger partial charge < -0.3 is 5.32 Å². The van der Waals surface area contributed by atoms with Gasteiger partial charge in [0, 0.05) is 12.1 Å². The molecular formula is C8H15N. The van der Waals surface area contributed by atoms with Crippen molar-refractivity contribution in [3.63, 3.8) is 0 Å². The lowest BCUT2D eigenvalue weighted by molar-refractivity contribution is 0.565. The van der Waals surface area contributed by atoms with Gasteiger partial charge in [-0.1, -0.05) is 13.0 Å². The van der Waals surface area contributed by atoms with Gasteiger partial charge in [0.05, 0.1) is 0 Å². The minimum atomic E-state index is 0.593. The van der Waals surface area contributed by atoms with Crippen LogP contribution in [0.5, 0.6) is 0 Å². The highest BCUT2D eigenvalue weighted by Gasteiger charge is 2.18. The molecule has 1 aliphatic rings. The van der Waals surface area contributed by atoms with E-state index in [0.29, 0.717) is 6.04 Å². The SMILES string of the molecule is C=CC1CC[C@@H](CC)N1. The van der Waals surface area contributed by atoms with E-state index in [-0.39, 0.29) is 0 Å². The molecule has 1 N–H and O–H groups in total. The molecule has 1 fully saturated rings. The monoisotopic (exact) mass is 125 g/mol. The van der Waals surface area contributed by atoms with Gasteiger partial charge in [-0.25, -0.2) is 0 Å². The number of nitrogens with one attached hydrogen (secondary N) is 1. The van der Waals surface area contributed by atoms with E-state index < -0.39 is 0 Å². The molecule has 1 rings (SSSR count). The molecule has 0 aromatic carbocycles. The Kier molecular flexibility index (Phi) is 2.29. The quantitative estimate of drug-likeness (QED) is 0.554. The summed E-state index contributed by atoms with van der Waals surface area (Å²) in [7, 11) is 0. The lowest BCUT2D eigenvalue weighted by atomic mass is 10.1. The van der Waals surface area contributed by atoms with E-state index in [2.05, 4.69) is 18.8 Å². The summed E-state index contributed by atoms with van der Waals surface area (Å²) in [5, 5.41) is 3.47. The molecule has 0 aliphatic carbocycles. The highest BCUT2D eigenvalue weighted by molar-refractivity contribution is 4.93. The van der Waals surface area contributed by atoms with Gasteiger partial charge in [0.2, 0.25) is 0 Å². The van der Waals surface area contributed by atoms with Crippen LogP contribution in [0, 0.1) is 0 Å². The highest BCUT2D eigenvalue weighted by Crippen LogP contribution is 2.14. The first-order valence-corrected chi connectivity index (χ1v) is 3.75. The zero-order chi connectivity index (χ0) is 6.69. The molecule has 0 amide bonds. The number of hydrogen-bond acceptors (Lipinski definition) is 1. The van der Waals surface area contributed by atoms with Crippen molar-refractivity contribution in [2.75, 3.05) is 0 Å². The zero-order valence-corrected chi connectivity index (χ0v) is 6.06. The van der Waals surface area contributed by atoms with Gasteiger partial charge in [-0.3, -0.25) is 0 Å². The maximum absolute atomic E-state index is 3.75. The Morgan fingerprint density at radius 3 is 2.78 bits per heavy atom. The Labute approximate surface area is 57.1 Å². The molecule has 0 aromatic heterocycles. The lowest BCUT2D eigenvalue weighted by Gasteiger charge is -2.07. The van der Waals surface area contributed by atoms with Crippen molar-refractivity contribution in [3.8, 4) is 0 Å². The minimum absolute atomic E-state index is 0.593. The van der Waals surface area contributed by atoms with Crippen LogP contribution in [0.2, 0.25) is 0 Å². The molecule has 1 heterocycles. The van der Waals surface area contributed by atoms with Crippen LogP contribution in [-0.2, 0) is 0 Å². The molecule has 0 bridgehead atoms. The summed E-state index contributed by atoms with van der Waals surface area (Å²) in [5.74, 6) is 0. The first kappa shape index (κ1) is 6.81. The van der Waals surface area contributed by atoms with E-state index in [1.165, 1.54) is 19.3 Å². The lowest BCUT2D eigenvalue weighted by Crippen LogP contribution is -2.26. The first-order chi connectivity index (χ1) is 4.36. The van der Waals surface area contributed by atoms with E-state index in [1.807, 2.05) is 6.08 Å². The largest absolute Gasteiger partial charge is 0.308 e. The van der Waals surface area contributed by atoms with Crippen LogP contribution in [0.25, 0.3) is 0 Å². The average Bonchev–Trinajstić information content (AvgIpc) is 2.34. The van der Waals surface area contributed by atoms with Crippen LogP contribution in [0.3, 0.4) is 0 Å². The van der Waals surface area contributed by atoms with Crippen molar-refractivity contribution in [3.05, 3.63) is 12.7 Å². The predicted octanol–water partition coefficient (Wildman–Crippen LogP) is 1.70. The van der Waals surface area contributed by atoms with Crippen LogP contribution in [0.1, 0.15) is 26.2 Å². The van der Waals surface area contributed by atoms with Crippen LogP contribution >= 0.6 is 0 Å². The molecule has 1 unspecified atom stereocenters. The van der Waals surface area contributed by atoms with Crippen molar-refractivity contribution >= 4 is 0 Å². The molecule has 1 heteroatoms. The Morgan fingerprint density at radius 1 is 1.67 bits per heavy atom. The van der Waals surface area contributed by atoms with Crippen LogP contribution < -0.4 is 5.32 Å². The summed E-state index contributed by atoms with van der Waals surface area (Å²) in [4.78, 5) is 0. The predicted molar refractivity (Wildman–Crippen MR) is 40.4 cm³/mol. The second-order valence-electron chi connectivity index (χ2n) is 2.69. The standard InChI is InChI=1S/C8H15N/c1-3-7-5-6-8(4-2)9-7/h3,7-9H,1,4-6H2,2H3/t7?,8-/m1/s1. The number of hydrogen-bond donors (Lipinski definition) is 1. The molecule has 0 saturated carbocycles. The third-order valence-electron chi connectivity index (χ3n) is 2.05. The summed E-state index contributed by atoms with van der Waals surface area (Å²) in [5.41, 5.74) is 0. The van der Waals surface area contributed by atoms with E-state index in [4.69, 9.17) is 0 Å². The Hall–Kier alpha value is -0.300. The van der Waals surface area contributed by atoms with Gasteiger partial charge in [-0.05, 0) is 19.3 Å². The Bertz CT molecular complexity index is 98.7. The van der Waals surface area contributed by atoms with Gasteiger partial charge in [0.1, 0.15) is 0 Å². The smallest absolute Gasteiger partial charge is 0.0250 e. The van der Waals surface area contributed by atoms with E-state index in [1.54, 1.807) is 0 Å². The molecule has 0 radical (unpaired) electrons. The van der Waals surface area contributed by atoms with Gasteiger partial charge in [-0.2, -0.15) is 0 Å². The number of rotatable bonds is 2. The topological polar surface area (TPSA) is 12.0 Å². The van der Waals surface area contributed by atoms with Crippen LogP contribution in [-0.4, -0.2) is 12.1 Å². The van der Waals surface area contributed by atoms with Crippen molar-refractivity contribution in [1.29, 1.82) is 0 Å². The average molecular weight is 125 g/mol. The summed E-state index contributed by atoms with van der Waals surface area (Å²) in [6.45, 7) is 5.97. The van der Waals surface area contributed by atoms with Crippen LogP contribution in [0.15, 0.2) is 12.7 Å². The molecule has 52 valence electrons. The third-order valence-corrected chi connectivity index (χ3v) is 2.05. The summed E-state index contributed by atoms with van der Waals surface area (Å²) < 4.78 is 0. The normalized spacial score (nSPS) is 34.8. The summed E-state index contributed by atoms with van der Waals surface area (Å²) in [6, 6.07) is 1.35. The zero-order valence-electron chi connectivity index (χ0n) is 6.06. The molecular weight excluding hydrogens is 110 g/mol. The molecule has 1 nitrogen and oxygen atoms in total. The molecule has 0 spiro atoms. The van der Waals surface area contributed by atoms with Crippen molar-refractivity contribution in [2.45, 2.75) is 38.3 Å². The fraction of sp³-hybridized carbons (Fsp3) is 0.750. The Morgan fingerprint density at radius 2 is 2.44 bits per heavy atom. The van der Waals surface area contributed by atoms with E-state index in [0.717, 1.165) is 6.04 Å². The molecule has 2 atom stereocenters. The van der Waals surface area contributed by atoms with Gasteiger partial charge in [0.15, 0.2) is 0 Å². The maximum Gasteiger partial charge on any atom is 0.0250 e. The van der Waals surface area contributed by atoms with E-state index in [9.17, 15) is 0 Å². The molecule has 9 heavy (non-hydrogen) atoms. The van der Waals surface area contributed by atoms with Gasteiger partial charge in [-0.15, -0.1) is 6.58 Å². The minimum Gasteiger partial charge on any atom is -0.308 e. The molecule has 1 aliphatic heterocycles. The van der Waals surface area contributed by atoms with Gasteiger partial charge in [0.25, 0.3) is 0 Å². The molecule has 1 saturated heterocycles. The van der Waals surface area contributed by atoms with Crippen molar-refractivity contribution in [2.24, 2.45) is 0 Å². The highest BCUT2D eigenvalue weighted by atomic mass is 15.0. The summed E-state index contributed by atoms with van der Waals surface area (Å²) in [6.07, 6.45) is 5.87. The second kappa shape index (κ2) is 3.02. The van der Waals surface area contributed by atoms with Crippen molar-refractivity contribution in [1.82, 2.24) is 5.32 Å². The van der Waals surface area contributed by atoms with Crippen molar-refractivity contribution < 1.29 is 0 Å². The molecule has 0 aromatic rings. The van der Waals surface area contributed by atoms with Gasteiger partial charge >= 0.3 is 0 Å². The fourth-order valence-electron chi connectivity index (χ4n) is 1.36. The maximum atomic E-state index is 3.75. The third kappa shape index (κ3) is 1.55. The fourth-order valence-corrected chi connectivity index (χ4v) is 1.36. The Balaban J connectivity index is 2.28. The summed E-state index contributed by atoms with van der Waals surface area (Å²) >= 11 is 0. The van der Waals surface area contributed by atoms with E-state index >= 15 is 0 Å². The second-order valence-corrected chi connectivity index (χ2v) is 2.69. The first-order valence-electron chi connectivity index (χ1n) is 3.75. The van der Waals surface area contributed by atoms with Crippen LogP contribution in [0.4, 0.5) is 0 Å².